The Labute approximate surface area is 139 Å². The number of carbonyl (C=O) groups excluding carboxylic acids is 1. The van der Waals surface area contributed by atoms with Crippen LogP contribution in [0.1, 0.15) is 16.1 Å². The maximum absolute atomic E-state index is 11.5. The van der Waals surface area contributed by atoms with Gasteiger partial charge in [0.05, 0.1) is 12.3 Å². The van der Waals surface area contributed by atoms with Gasteiger partial charge in [-0.15, -0.1) is 0 Å². The molecule has 1 heterocycles. The molecule has 0 aliphatic heterocycles. The number of nitrogen functional groups attached to an aromatic ring is 1. The van der Waals surface area contributed by atoms with Crippen molar-refractivity contribution in [2.24, 2.45) is 5.84 Å². The number of para-hydroxylation sites is 1. The highest BCUT2D eigenvalue weighted by Crippen LogP contribution is 2.28. The second kappa shape index (κ2) is 7.43. The van der Waals surface area contributed by atoms with Crippen LogP contribution in [0.25, 0.3) is 11.3 Å². The number of hydrogen-bond donors (Lipinski definition) is 3. The van der Waals surface area contributed by atoms with E-state index in [0.717, 1.165) is 17.7 Å². The standard InChI is InChI=1S/C18H18N4O2/c19-20-18(23)16-12-15(21-22-16)14-8-4-5-9-17(14)24-11-10-13-6-2-1-3-7-13/h1-9,12H,10-11,19H2,(H,20,23)(H,21,22). The van der Waals surface area contributed by atoms with Crippen molar-refractivity contribution in [3.63, 3.8) is 0 Å². The van der Waals surface area contributed by atoms with Gasteiger partial charge in [0.2, 0.25) is 0 Å². The first-order chi connectivity index (χ1) is 11.8. The fourth-order valence-corrected chi connectivity index (χ4v) is 2.38. The lowest BCUT2D eigenvalue weighted by Crippen LogP contribution is -2.30. The first-order valence-corrected chi connectivity index (χ1v) is 7.60. The molecule has 6 heteroatoms. The lowest BCUT2D eigenvalue weighted by Gasteiger charge is -2.10. The molecule has 0 atom stereocenters. The highest BCUT2D eigenvalue weighted by molar-refractivity contribution is 5.93. The van der Waals surface area contributed by atoms with Gasteiger partial charge < -0.3 is 4.74 Å². The van der Waals surface area contributed by atoms with E-state index in [1.165, 1.54) is 5.56 Å². The number of hydrogen-bond acceptors (Lipinski definition) is 4. The van der Waals surface area contributed by atoms with Crippen molar-refractivity contribution >= 4 is 5.91 Å². The molecule has 0 radical (unpaired) electrons. The molecule has 3 rings (SSSR count). The third kappa shape index (κ3) is 3.61. The summed E-state index contributed by atoms with van der Waals surface area (Å²) in [7, 11) is 0. The van der Waals surface area contributed by atoms with Crippen LogP contribution in [0, 0.1) is 0 Å². The second-order valence-electron chi connectivity index (χ2n) is 5.22. The Balaban J connectivity index is 1.73. The minimum absolute atomic E-state index is 0.298. The van der Waals surface area contributed by atoms with Gasteiger partial charge in [-0.1, -0.05) is 42.5 Å². The minimum atomic E-state index is -0.420. The number of ether oxygens (including phenoxy) is 1. The number of benzene rings is 2. The van der Waals surface area contributed by atoms with Gasteiger partial charge in [0.25, 0.3) is 5.91 Å². The number of rotatable bonds is 6. The lowest BCUT2D eigenvalue weighted by molar-refractivity contribution is 0.0948. The topological polar surface area (TPSA) is 93.0 Å². The molecule has 1 aromatic heterocycles. The highest BCUT2D eigenvalue weighted by Gasteiger charge is 2.13. The number of nitrogens with two attached hydrogens (primary N) is 1. The average Bonchev–Trinajstić information content (AvgIpc) is 3.12. The summed E-state index contributed by atoms with van der Waals surface area (Å²) in [5.41, 5.74) is 5.03. The van der Waals surface area contributed by atoms with Gasteiger partial charge in [0.1, 0.15) is 11.4 Å². The minimum Gasteiger partial charge on any atom is -0.493 e. The van der Waals surface area contributed by atoms with Gasteiger partial charge in [-0.3, -0.25) is 15.3 Å². The predicted molar refractivity (Wildman–Crippen MR) is 91.3 cm³/mol. The van der Waals surface area contributed by atoms with Crippen molar-refractivity contribution in [1.29, 1.82) is 0 Å². The number of carbonyl (C=O) groups is 1. The first kappa shape index (κ1) is 15.8. The van der Waals surface area contributed by atoms with E-state index in [1.54, 1.807) is 6.07 Å². The average molecular weight is 322 g/mol. The smallest absolute Gasteiger partial charge is 0.283 e. The van der Waals surface area contributed by atoms with Gasteiger partial charge in [-0.25, -0.2) is 5.84 Å². The zero-order valence-electron chi connectivity index (χ0n) is 13.0. The Morgan fingerprint density at radius 1 is 1.12 bits per heavy atom. The summed E-state index contributed by atoms with van der Waals surface area (Å²) in [6.07, 6.45) is 0.816. The number of aromatic nitrogens is 2. The van der Waals surface area contributed by atoms with E-state index in [-0.39, 0.29) is 0 Å². The highest BCUT2D eigenvalue weighted by atomic mass is 16.5. The van der Waals surface area contributed by atoms with Gasteiger partial charge in [0.15, 0.2) is 0 Å². The predicted octanol–water partition coefficient (Wildman–Crippen LogP) is 2.30. The maximum Gasteiger partial charge on any atom is 0.283 e. The summed E-state index contributed by atoms with van der Waals surface area (Å²) in [5.74, 6) is 5.43. The summed E-state index contributed by atoms with van der Waals surface area (Å²) >= 11 is 0. The molecule has 0 saturated heterocycles. The van der Waals surface area contributed by atoms with Crippen LogP contribution < -0.4 is 16.0 Å². The number of amides is 1. The molecule has 6 nitrogen and oxygen atoms in total. The molecule has 24 heavy (non-hydrogen) atoms. The van der Waals surface area contributed by atoms with Crippen LogP contribution in [0.15, 0.2) is 60.7 Å². The number of nitrogens with one attached hydrogen (secondary N) is 2. The largest absolute Gasteiger partial charge is 0.493 e. The number of nitrogens with zero attached hydrogens (tertiary/aromatic N) is 1. The molecule has 0 fully saturated rings. The molecule has 2 aromatic carbocycles. The number of H-pyrrole nitrogens is 1. The van der Waals surface area contributed by atoms with Crippen molar-refractivity contribution in [2.75, 3.05) is 6.61 Å². The lowest BCUT2D eigenvalue weighted by atomic mass is 10.1. The Morgan fingerprint density at radius 3 is 2.67 bits per heavy atom. The van der Waals surface area contributed by atoms with E-state index < -0.39 is 5.91 Å². The molecular formula is C18H18N4O2. The van der Waals surface area contributed by atoms with Gasteiger partial charge in [-0.2, -0.15) is 5.10 Å². The summed E-state index contributed by atoms with van der Waals surface area (Å²) in [6.45, 7) is 0.557. The fourth-order valence-electron chi connectivity index (χ4n) is 2.38. The molecule has 0 aliphatic rings. The van der Waals surface area contributed by atoms with Gasteiger partial charge >= 0.3 is 0 Å². The van der Waals surface area contributed by atoms with Gasteiger partial charge in [-0.05, 0) is 23.8 Å². The van der Waals surface area contributed by atoms with E-state index in [2.05, 4.69) is 27.8 Å². The molecule has 0 bridgehead atoms. The zero-order valence-corrected chi connectivity index (χ0v) is 13.0. The van der Waals surface area contributed by atoms with Crippen molar-refractivity contribution in [3.05, 3.63) is 71.9 Å². The van der Waals surface area contributed by atoms with E-state index >= 15 is 0 Å². The Bertz CT molecular complexity index is 815. The van der Waals surface area contributed by atoms with E-state index in [9.17, 15) is 4.79 Å². The van der Waals surface area contributed by atoms with Crippen LogP contribution in [0.3, 0.4) is 0 Å². The molecule has 3 aromatic rings. The number of aromatic amines is 1. The molecule has 0 saturated carbocycles. The van der Waals surface area contributed by atoms with Gasteiger partial charge in [0, 0.05) is 12.0 Å². The van der Waals surface area contributed by atoms with Crippen molar-refractivity contribution in [2.45, 2.75) is 6.42 Å². The normalized spacial score (nSPS) is 10.4. The van der Waals surface area contributed by atoms with Crippen LogP contribution in [0.5, 0.6) is 5.75 Å². The summed E-state index contributed by atoms with van der Waals surface area (Å²) in [4.78, 5) is 11.5. The molecule has 122 valence electrons. The van der Waals surface area contributed by atoms with Crippen molar-refractivity contribution in [1.82, 2.24) is 15.6 Å². The Hall–Kier alpha value is -3.12. The van der Waals surface area contributed by atoms with Crippen LogP contribution in [-0.4, -0.2) is 22.7 Å². The third-order valence-corrected chi connectivity index (χ3v) is 3.61. The monoisotopic (exact) mass is 322 g/mol. The van der Waals surface area contributed by atoms with E-state index in [4.69, 9.17) is 10.6 Å². The van der Waals surface area contributed by atoms with Crippen LogP contribution in [0.4, 0.5) is 0 Å². The summed E-state index contributed by atoms with van der Waals surface area (Å²) in [5, 5.41) is 6.83. The van der Waals surface area contributed by atoms with Crippen molar-refractivity contribution in [3.8, 4) is 17.0 Å². The Kier molecular flexibility index (Phi) is 4.88. The Morgan fingerprint density at radius 2 is 1.88 bits per heavy atom. The van der Waals surface area contributed by atoms with E-state index in [0.29, 0.717) is 18.0 Å². The number of hydrazine groups is 1. The molecular weight excluding hydrogens is 304 g/mol. The maximum atomic E-state index is 11.5. The molecule has 0 aliphatic carbocycles. The molecule has 0 spiro atoms. The summed E-state index contributed by atoms with van der Waals surface area (Å²) < 4.78 is 5.91. The quantitative estimate of drug-likeness (QED) is 0.369. The molecule has 4 N–H and O–H groups in total. The third-order valence-electron chi connectivity index (χ3n) is 3.61. The second-order valence-corrected chi connectivity index (χ2v) is 5.22. The zero-order chi connectivity index (χ0) is 16.8. The van der Waals surface area contributed by atoms with Crippen LogP contribution in [-0.2, 0) is 6.42 Å². The van der Waals surface area contributed by atoms with Crippen LogP contribution in [0.2, 0.25) is 0 Å². The molecule has 0 unspecified atom stereocenters. The fraction of sp³-hybridized carbons (Fsp3) is 0.111. The van der Waals surface area contributed by atoms with E-state index in [1.807, 2.05) is 42.5 Å². The van der Waals surface area contributed by atoms with Crippen LogP contribution >= 0.6 is 0 Å². The SMILES string of the molecule is NNC(=O)c1cc(-c2ccccc2OCCc2ccccc2)n[nH]1. The first-order valence-electron chi connectivity index (χ1n) is 7.60. The summed E-state index contributed by atoms with van der Waals surface area (Å²) in [6, 6.07) is 19.4. The molecule has 1 amide bonds. The van der Waals surface area contributed by atoms with Crippen molar-refractivity contribution < 1.29 is 9.53 Å².